The Morgan fingerprint density at radius 1 is 1.16 bits per heavy atom. The number of esters is 1. The van der Waals surface area contributed by atoms with Crippen molar-refractivity contribution in [2.24, 2.45) is 0 Å². The molecule has 1 aliphatic heterocycles. The van der Waals surface area contributed by atoms with Gasteiger partial charge >= 0.3 is 5.97 Å². The Morgan fingerprint density at radius 3 is 2.64 bits per heavy atom. The summed E-state index contributed by atoms with van der Waals surface area (Å²) in [5, 5.41) is -0.470. The van der Waals surface area contributed by atoms with Gasteiger partial charge in [0.15, 0.2) is 0 Å². The molecule has 25 heavy (non-hydrogen) atoms. The fraction of sp³-hybridized carbons (Fsp3) is 0.167. The number of hydrogen-bond donors (Lipinski definition) is 0. The minimum Gasteiger partial charge on any atom is -0.465 e. The van der Waals surface area contributed by atoms with E-state index in [-0.39, 0.29) is 18.1 Å². The third-order valence-electron chi connectivity index (χ3n) is 3.56. The van der Waals surface area contributed by atoms with E-state index in [1.165, 1.54) is 0 Å². The van der Waals surface area contributed by atoms with Crippen molar-refractivity contribution in [3.8, 4) is 5.69 Å². The number of rotatable bonds is 5. The van der Waals surface area contributed by atoms with Crippen LogP contribution in [0.1, 0.15) is 12.6 Å². The van der Waals surface area contributed by atoms with Crippen LogP contribution < -0.4 is 0 Å². The topological polar surface area (TPSA) is 68.6 Å². The third kappa shape index (κ3) is 3.66. The van der Waals surface area contributed by atoms with Crippen LogP contribution in [0.5, 0.6) is 0 Å². The molecular weight excluding hydrogens is 340 g/mol. The zero-order valence-electron chi connectivity index (χ0n) is 13.5. The van der Waals surface area contributed by atoms with Crippen LogP contribution in [0.4, 0.5) is 4.79 Å². The van der Waals surface area contributed by atoms with Gasteiger partial charge in [-0.3, -0.25) is 19.3 Å². The number of thioether (sulfide) groups is 1. The van der Waals surface area contributed by atoms with Crippen molar-refractivity contribution in [3.63, 3.8) is 0 Å². The monoisotopic (exact) mass is 356 g/mol. The van der Waals surface area contributed by atoms with E-state index in [4.69, 9.17) is 4.74 Å². The molecule has 1 aliphatic rings. The zero-order chi connectivity index (χ0) is 17.8. The molecule has 7 heteroatoms. The number of aromatic nitrogens is 1. The van der Waals surface area contributed by atoms with Crippen molar-refractivity contribution < 1.29 is 19.1 Å². The summed E-state index contributed by atoms with van der Waals surface area (Å²) in [6, 6.07) is 13.4. The predicted molar refractivity (Wildman–Crippen MR) is 95.1 cm³/mol. The van der Waals surface area contributed by atoms with Crippen LogP contribution in [0.15, 0.2) is 53.6 Å². The van der Waals surface area contributed by atoms with Crippen molar-refractivity contribution in [1.29, 1.82) is 0 Å². The lowest BCUT2D eigenvalue weighted by Gasteiger charge is -2.10. The highest BCUT2D eigenvalue weighted by atomic mass is 32.2. The maximum atomic E-state index is 12.4. The quantitative estimate of drug-likeness (QED) is 0.608. The lowest BCUT2D eigenvalue weighted by Crippen LogP contribution is -2.34. The molecule has 0 spiro atoms. The Kier molecular flexibility index (Phi) is 5.04. The van der Waals surface area contributed by atoms with E-state index in [9.17, 15) is 14.4 Å². The first-order valence-corrected chi connectivity index (χ1v) is 8.55. The van der Waals surface area contributed by atoms with E-state index < -0.39 is 17.1 Å². The first-order valence-electron chi connectivity index (χ1n) is 7.74. The van der Waals surface area contributed by atoms with Crippen LogP contribution in [-0.4, -0.2) is 39.7 Å². The number of imide groups is 1. The largest absolute Gasteiger partial charge is 0.465 e. The van der Waals surface area contributed by atoms with Crippen molar-refractivity contribution in [3.05, 3.63) is 59.3 Å². The highest BCUT2D eigenvalue weighted by Crippen LogP contribution is 2.32. The molecule has 3 rings (SSSR count). The van der Waals surface area contributed by atoms with E-state index in [2.05, 4.69) is 0 Å². The van der Waals surface area contributed by atoms with E-state index in [0.29, 0.717) is 0 Å². The van der Waals surface area contributed by atoms with Gasteiger partial charge in [0.25, 0.3) is 11.1 Å². The number of amides is 2. The Bertz CT molecular complexity index is 842. The van der Waals surface area contributed by atoms with Gasteiger partial charge in [-0.25, -0.2) is 0 Å². The third-order valence-corrected chi connectivity index (χ3v) is 4.47. The second-order valence-electron chi connectivity index (χ2n) is 5.21. The fourth-order valence-corrected chi connectivity index (χ4v) is 3.26. The van der Waals surface area contributed by atoms with Crippen molar-refractivity contribution >= 4 is 35.0 Å². The number of ether oxygens (including phenoxy) is 1. The standard InChI is InChI=1S/C18H16N2O4S/c1-2-24-16(21)12-20-17(22)15(25-18(20)23)11-14-9-6-10-19(14)13-7-4-3-5-8-13/h3-11H,2,12H2,1H3/b15-11+. The Hall–Kier alpha value is -2.80. The second kappa shape index (κ2) is 7.40. The Labute approximate surface area is 149 Å². The molecule has 0 N–H and O–H groups in total. The van der Waals surface area contributed by atoms with Crippen LogP contribution in [0.25, 0.3) is 11.8 Å². The lowest BCUT2D eigenvalue weighted by molar-refractivity contribution is -0.145. The summed E-state index contributed by atoms with van der Waals surface area (Å²) in [4.78, 5) is 37.2. The lowest BCUT2D eigenvalue weighted by atomic mass is 10.3. The molecule has 128 valence electrons. The molecule has 0 unspecified atom stereocenters. The number of nitrogens with zero attached hydrogens (tertiary/aromatic N) is 2. The first-order chi connectivity index (χ1) is 12.1. The summed E-state index contributed by atoms with van der Waals surface area (Å²) in [7, 11) is 0. The van der Waals surface area contributed by atoms with Crippen molar-refractivity contribution in [1.82, 2.24) is 9.47 Å². The zero-order valence-corrected chi connectivity index (χ0v) is 14.4. The first kappa shape index (κ1) is 17.0. The molecule has 1 saturated heterocycles. The SMILES string of the molecule is CCOC(=O)CN1C(=O)S/C(=C/c2cccn2-c2ccccc2)C1=O. The van der Waals surface area contributed by atoms with Crippen LogP contribution in [-0.2, 0) is 14.3 Å². The summed E-state index contributed by atoms with van der Waals surface area (Å²) >= 11 is 0.821. The molecule has 2 heterocycles. The fourth-order valence-electron chi connectivity index (χ4n) is 2.44. The summed E-state index contributed by atoms with van der Waals surface area (Å²) in [6.45, 7) is 1.51. The molecule has 1 aromatic carbocycles. The number of hydrogen-bond acceptors (Lipinski definition) is 5. The van der Waals surface area contributed by atoms with Gasteiger partial charge in [0.05, 0.1) is 11.5 Å². The predicted octanol–water partition coefficient (Wildman–Crippen LogP) is 3.08. The van der Waals surface area contributed by atoms with Crippen molar-refractivity contribution in [2.75, 3.05) is 13.2 Å². The molecule has 0 radical (unpaired) electrons. The van der Waals surface area contributed by atoms with Gasteiger partial charge < -0.3 is 9.30 Å². The van der Waals surface area contributed by atoms with Gasteiger partial charge in [0.2, 0.25) is 0 Å². The minimum atomic E-state index is -0.598. The molecule has 0 saturated carbocycles. The number of benzene rings is 1. The second-order valence-corrected chi connectivity index (χ2v) is 6.20. The molecule has 1 fully saturated rings. The van der Waals surface area contributed by atoms with Gasteiger partial charge in [0.1, 0.15) is 6.54 Å². The molecule has 6 nitrogen and oxygen atoms in total. The van der Waals surface area contributed by atoms with Gasteiger partial charge in [-0.05, 0) is 49.0 Å². The number of carbonyl (C=O) groups excluding carboxylic acids is 3. The normalized spacial score (nSPS) is 15.9. The summed E-state index contributed by atoms with van der Waals surface area (Å²) < 4.78 is 6.72. The minimum absolute atomic E-state index is 0.204. The van der Waals surface area contributed by atoms with Crippen LogP contribution in [0.2, 0.25) is 0 Å². The maximum Gasteiger partial charge on any atom is 0.326 e. The van der Waals surface area contributed by atoms with Crippen LogP contribution in [0.3, 0.4) is 0 Å². The highest BCUT2D eigenvalue weighted by molar-refractivity contribution is 8.18. The molecule has 1 aromatic heterocycles. The Balaban J connectivity index is 1.84. The summed E-state index contributed by atoms with van der Waals surface area (Å²) in [6.07, 6.45) is 3.53. The maximum absolute atomic E-state index is 12.4. The van der Waals surface area contributed by atoms with Crippen molar-refractivity contribution in [2.45, 2.75) is 6.92 Å². The van der Waals surface area contributed by atoms with Crippen LogP contribution >= 0.6 is 11.8 Å². The molecule has 2 amide bonds. The number of para-hydroxylation sites is 1. The summed E-state index contributed by atoms with van der Waals surface area (Å²) in [5.74, 6) is -1.08. The highest BCUT2D eigenvalue weighted by Gasteiger charge is 2.36. The van der Waals surface area contributed by atoms with Gasteiger partial charge in [-0.2, -0.15) is 0 Å². The Morgan fingerprint density at radius 2 is 1.92 bits per heavy atom. The van der Waals surface area contributed by atoms with E-state index >= 15 is 0 Å². The molecule has 0 bridgehead atoms. The molecular formula is C18H16N2O4S. The average Bonchev–Trinajstić information content (AvgIpc) is 3.16. The van der Waals surface area contributed by atoms with Crippen LogP contribution in [0, 0.1) is 0 Å². The molecule has 2 aromatic rings. The van der Waals surface area contributed by atoms with E-state index in [0.717, 1.165) is 28.0 Å². The average molecular weight is 356 g/mol. The van der Waals surface area contributed by atoms with Gasteiger partial charge in [-0.1, -0.05) is 18.2 Å². The van der Waals surface area contributed by atoms with Gasteiger partial charge in [-0.15, -0.1) is 0 Å². The smallest absolute Gasteiger partial charge is 0.326 e. The molecule has 0 atom stereocenters. The van der Waals surface area contributed by atoms with Gasteiger partial charge in [0, 0.05) is 17.6 Å². The van der Waals surface area contributed by atoms with E-state index in [1.807, 2.05) is 53.2 Å². The molecule has 0 aliphatic carbocycles. The summed E-state index contributed by atoms with van der Waals surface area (Å²) in [5.41, 5.74) is 1.72. The number of carbonyl (C=O) groups is 3. The van der Waals surface area contributed by atoms with E-state index in [1.54, 1.807) is 13.0 Å².